The summed E-state index contributed by atoms with van der Waals surface area (Å²) in [4.78, 5) is 38.8. The van der Waals surface area contributed by atoms with Crippen molar-refractivity contribution in [3.8, 4) is 5.75 Å². The van der Waals surface area contributed by atoms with Crippen LogP contribution in [0.1, 0.15) is 37.4 Å². The molecule has 5 aromatic rings. The highest BCUT2D eigenvalue weighted by Crippen LogP contribution is 2.17. The minimum Gasteiger partial charge on any atom is -0.489 e. The molecule has 0 heterocycles. The number of hydrogen-bond acceptors (Lipinski definition) is 4. The summed E-state index contributed by atoms with van der Waals surface area (Å²) in [5.41, 5.74) is 3.65. The number of benzene rings is 5. The fourth-order valence-electron chi connectivity index (χ4n) is 4.27. The quantitative estimate of drug-likeness (QED) is 0.121. The van der Waals surface area contributed by atoms with E-state index in [1.807, 2.05) is 54.6 Å². The molecule has 2 amide bonds. The van der Waals surface area contributed by atoms with Crippen molar-refractivity contribution in [3.63, 3.8) is 0 Å². The first-order chi connectivity index (χ1) is 21.9. The molecule has 0 aliphatic rings. The molecule has 0 unspecified atom stereocenters. The van der Waals surface area contributed by atoms with Gasteiger partial charge in [-0.05, 0) is 89.5 Å². The Hall–Kier alpha value is -6.08. The maximum atomic E-state index is 13.4. The highest BCUT2D eigenvalue weighted by Gasteiger charge is 2.15. The van der Waals surface area contributed by atoms with Gasteiger partial charge in [-0.3, -0.25) is 14.4 Å². The lowest BCUT2D eigenvalue weighted by atomic mass is 10.1. The molecule has 7 heteroatoms. The van der Waals surface area contributed by atoms with E-state index in [1.54, 1.807) is 60.7 Å². The van der Waals surface area contributed by atoms with Gasteiger partial charge in [0.15, 0.2) is 5.78 Å². The largest absolute Gasteiger partial charge is 0.489 e. The Labute approximate surface area is 260 Å². The molecule has 0 radical (unpaired) electrons. The minimum absolute atomic E-state index is 0.0324. The zero-order valence-electron chi connectivity index (χ0n) is 24.2. The van der Waals surface area contributed by atoms with E-state index in [-0.39, 0.29) is 11.5 Å². The second-order valence-electron chi connectivity index (χ2n) is 10.0. The van der Waals surface area contributed by atoms with Crippen molar-refractivity contribution in [1.82, 2.24) is 5.32 Å². The molecule has 0 aliphatic carbocycles. The van der Waals surface area contributed by atoms with Crippen molar-refractivity contribution >= 4 is 35.4 Å². The summed E-state index contributed by atoms with van der Waals surface area (Å²) in [6, 6.07) is 37.8. The molecule has 0 saturated carbocycles. The smallest absolute Gasteiger partial charge is 0.272 e. The van der Waals surface area contributed by atoms with Crippen molar-refractivity contribution in [2.75, 3.05) is 5.32 Å². The first kappa shape index (κ1) is 30.4. The monoisotopic (exact) mass is 596 g/mol. The summed E-state index contributed by atoms with van der Waals surface area (Å²) in [7, 11) is 0. The summed E-state index contributed by atoms with van der Waals surface area (Å²) >= 11 is 0. The lowest BCUT2D eigenvalue weighted by Gasteiger charge is -2.12. The summed E-state index contributed by atoms with van der Waals surface area (Å²) in [5, 5.41) is 5.38. The number of carbonyl (C=O) groups is 3. The van der Waals surface area contributed by atoms with Crippen LogP contribution in [0.15, 0.2) is 145 Å². The Bertz CT molecular complexity index is 1820. The fourth-order valence-corrected chi connectivity index (χ4v) is 4.27. The number of anilines is 1. The molecular formula is C38H29FN2O4. The van der Waals surface area contributed by atoms with Crippen molar-refractivity contribution in [2.24, 2.45) is 0 Å². The van der Waals surface area contributed by atoms with Crippen LogP contribution in [-0.4, -0.2) is 17.6 Å². The Morgan fingerprint density at radius 1 is 0.667 bits per heavy atom. The first-order valence-electron chi connectivity index (χ1n) is 14.2. The molecule has 2 N–H and O–H groups in total. The van der Waals surface area contributed by atoms with Gasteiger partial charge in [-0.15, -0.1) is 0 Å². The van der Waals surface area contributed by atoms with Crippen LogP contribution in [0.25, 0.3) is 12.2 Å². The van der Waals surface area contributed by atoms with Gasteiger partial charge in [-0.1, -0.05) is 78.9 Å². The van der Waals surface area contributed by atoms with Gasteiger partial charge in [-0.2, -0.15) is 0 Å². The van der Waals surface area contributed by atoms with Crippen LogP contribution in [0.3, 0.4) is 0 Å². The van der Waals surface area contributed by atoms with Crippen molar-refractivity contribution in [1.29, 1.82) is 0 Å². The number of ether oxygens (including phenoxy) is 1. The Morgan fingerprint density at radius 3 is 1.96 bits per heavy atom. The van der Waals surface area contributed by atoms with Crippen LogP contribution in [0, 0.1) is 5.82 Å². The van der Waals surface area contributed by atoms with Gasteiger partial charge in [0.2, 0.25) is 0 Å². The number of allylic oxidation sites excluding steroid dienone is 1. The van der Waals surface area contributed by atoms with E-state index in [0.29, 0.717) is 29.0 Å². The SMILES string of the molecule is O=C(Nc1ccc(C(=O)/C=C/c2ccc(OCc3ccccc3)cc2)cc1)/C(=C/c1ccc(F)cc1)NC(=O)c1ccccc1. The summed E-state index contributed by atoms with van der Waals surface area (Å²) in [6.07, 6.45) is 4.66. The Balaban J connectivity index is 1.21. The molecule has 0 fully saturated rings. The molecule has 5 rings (SSSR count). The van der Waals surface area contributed by atoms with E-state index in [2.05, 4.69) is 10.6 Å². The van der Waals surface area contributed by atoms with Crippen LogP contribution >= 0.6 is 0 Å². The minimum atomic E-state index is -0.584. The Morgan fingerprint density at radius 2 is 1.29 bits per heavy atom. The Kier molecular flexibility index (Phi) is 10.1. The zero-order valence-corrected chi connectivity index (χ0v) is 24.2. The van der Waals surface area contributed by atoms with Gasteiger partial charge in [-0.25, -0.2) is 4.39 Å². The maximum Gasteiger partial charge on any atom is 0.272 e. The van der Waals surface area contributed by atoms with E-state index >= 15 is 0 Å². The molecule has 0 atom stereocenters. The number of hydrogen-bond donors (Lipinski definition) is 2. The van der Waals surface area contributed by atoms with Crippen LogP contribution in [0.5, 0.6) is 5.75 Å². The van der Waals surface area contributed by atoms with Gasteiger partial charge in [0.05, 0.1) is 0 Å². The van der Waals surface area contributed by atoms with Crippen LogP contribution in [0.4, 0.5) is 10.1 Å². The number of rotatable bonds is 11. The van der Waals surface area contributed by atoms with E-state index < -0.39 is 17.6 Å². The lowest BCUT2D eigenvalue weighted by molar-refractivity contribution is -0.113. The van der Waals surface area contributed by atoms with Gasteiger partial charge >= 0.3 is 0 Å². The third-order valence-corrected chi connectivity index (χ3v) is 6.69. The fraction of sp³-hybridized carbons (Fsp3) is 0.0263. The highest BCUT2D eigenvalue weighted by atomic mass is 19.1. The van der Waals surface area contributed by atoms with Crippen molar-refractivity contribution in [3.05, 3.63) is 179 Å². The van der Waals surface area contributed by atoms with Crippen molar-refractivity contribution in [2.45, 2.75) is 6.61 Å². The third-order valence-electron chi connectivity index (χ3n) is 6.69. The van der Waals surface area contributed by atoms with Crippen LogP contribution in [-0.2, 0) is 11.4 Å². The zero-order chi connectivity index (χ0) is 31.4. The predicted octanol–water partition coefficient (Wildman–Crippen LogP) is 7.71. The molecular weight excluding hydrogens is 567 g/mol. The maximum absolute atomic E-state index is 13.4. The van der Waals surface area contributed by atoms with Crippen LogP contribution in [0.2, 0.25) is 0 Å². The summed E-state index contributed by atoms with van der Waals surface area (Å²) < 4.78 is 19.2. The average Bonchev–Trinajstić information content (AvgIpc) is 3.08. The summed E-state index contributed by atoms with van der Waals surface area (Å²) in [6.45, 7) is 0.471. The first-order valence-corrected chi connectivity index (χ1v) is 14.2. The molecule has 0 aliphatic heterocycles. The topological polar surface area (TPSA) is 84.5 Å². The molecule has 6 nitrogen and oxygen atoms in total. The molecule has 0 saturated heterocycles. The lowest BCUT2D eigenvalue weighted by Crippen LogP contribution is -2.30. The number of ketones is 1. The highest BCUT2D eigenvalue weighted by molar-refractivity contribution is 6.11. The average molecular weight is 597 g/mol. The number of halogens is 1. The third kappa shape index (κ3) is 8.95. The number of carbonyl (C=O) groups excluding carboxylic acids is 3. The van der Waals surface area contributed by atoms with Gasteiger partial charge in [0, 0.05) is 16.8 Å². The normalized spacial score (nSPS) is 11.2. The van der Waals surface area contributed by atoms with Gasteiger partial charge in [0.1, 0.15) is 23.9 Å². The molecule has 222 valence electrons. The van der Waals surface area contributed by atoms with E-state index in [9.17, 15) is 18.8 Å². The van der Waals surface area contributed by atoms with E-state index in [1.165, 1.54) is 36.4 Å². The second kappa shape index (κ2) is 14.9. The molecule has 0 aromatic heterocycles. The van der Waals surface area contributed by atoms with Crippen molar-refractivity contribution < 1.29 is 23.5 Å². The van der Waals surface area contributed by atoms with Gasteiger partial charge < -0.3 is 15.4 Å². The molecule has 0 spiro atoms. The van der Waals surface area contributed by atoms with E-state index in [0.717, 1.165) is 16.9 Å². The predicted molar refractivity (Wildman–Crippen MR) is 174 cm³/mol. The van der Waals surface area contributed by atoms with E-state index in [4.69, 9.17) is 4.74 Å². The number of nitrogens with one attached hydrogen (secondary N) is 2. The van der Waals surface area contributed by atoms with Crippen LogP contribution < -0.4 is 15.4 Å². The van der Waals surface area contributed by atoms with Gasteiger partial charge in [0.25, 0.3) is 11.8 Å². The molecule has 45 heavy (non-hydrogen) atoms. The number of amides is 2. The molecule has 5 aromatic carbocycles. The second-order valence-corrected chi connectivity index (χ2v) is 10.0. The standard InChI is InChI=1S/C38H29FN2O4/c39-32-18-11-28(12-19-32)25-35(41-37(43)31-9-5-2-6-10-31)38(44)40-33-20-16-30(17-21-33)36(42)24-15-27-13-22-34(23-14-27)45-26-29-7-3-1-4-8-29/h1-25H,26H2,(H,40,44)(H,41,43)/b24-15+,35-25-. The summed E-state index contributed by atoms with van der Waals surface area (Å²) in [5.74, 6) is -0.947. The molecule has 0 bridgehead atoms.